The van der Waals surface area contributed by atoms with Crippen molar-refractivity contribution in [1.82, 2.24) is 4.90 Å². The van der Waals surface area contributed by atoms with Crippen LogP contribution in [0.2, 0.25) is 5.02 Å². The van der Waals surface area contributed by atoms with E-state index in [4.69, 9.17) is 11.6 Å². The number of hydrogen-bond acceptors (Lipinski definition) is 4. The maximum Gasteiger partial charge on any atom is 0.293 e. The van der Waals surface area contributed by atoms with Gasteiger partial charge in [-0.15, -0.1) is 0 Å². The van der Waals surface area contributed by atoms with Crippen LogP contribution in [-0.4, -0.2) is 28.6 Å². The van der Waals surface area contributed by atoms with Crippen molar-refractivity contribution in [2.75, 3.05) is 11.9 Å². The Kier molecular flexibility index (Phi) is 6.01. The molecule has 4 rings (SSSR count). The van der Waals surface area contributed by atoms with Crippen molar-refractivity contribution in [2.24, 2.45) is 0 Å². The lowest BCUT2D eigenvalue weighted by molar-refractivity contribution is -0.123. The number of imide groups is 1. The third-order valence-electron chi connectivity index (χ3n) is 6.17. The van der Waals surface area contributed by atoms with Crippen molar-refractivity contribution < 1.29 is 9.59 Å². The Labute approximate surface area is 200 Å². The van der Waals surface area contributed by atoms with Crippen LogP contribution in [0.4, 0.5) is 10.5 Å². The molecule has 0 aromatic heterocycles. The van der Waals surface area contributed by atoms with Gasteiger partial charge in [-0.2, -0.15) is 0 Å². The maximum atomic E-state index is 12.9. The van der Waals surface area contributed by atoms with Gasteiger partial charge in [0.25, 0.3) is 11.1 Å². The van der Waals surface area contributed by atoms with Gasteiger partial charge in [-0.05, 0) is 85.0 Å². The van der Waals surface area contributed by atoms with Crippen LogP contribution in [0.1, 0.15) is 49.8 Å². The van der Waals surface area contributed by atoms with E-state index in [1.807, 2.05) is 30.3 Å². The topological polar surface area (TPSA) is 40.6 Å². The molecule has 2 aliphatic heterocycles. The van der Waals surface area contributed by atoms with E-state index in [-0.39, 0.29) is 23.2 Å². The van der Waals surface area contributed by atoms with E-state index < -0.39 is 0 Å². The molecule has 2 aromatic rings. The minimum atomic E-state index is -0.280. The summed E-state index contributed by atoms with van der Waals surface area (Å²) in [5.74, 6) is 0.0936. The molecule has 0 N–H and O–H groups in total. The molecule has 1 saturated heterocycles. The van der Waals surface area contributed by atoms with Crippen LogP contribution < -0.4 is 4.90 Å². The third-order valence-corrected chi connectivity index (χ3v) is 7.93. The zero-order chi connectivity index (χ0) is 22.5. The Balaban J connectivity index is 1.63. The standard InChI is InChI=1S/C24H24BrClN2O2S/c1-14-12-24(2,3)27(4)20-11-19(26)16(9-18(14)20)10-21-22(29)28(23(30)31-21)13-15-5-7-17(25)8-6-15/h5-11,14H,12-13H2,1-4H3/b21-10-/t14-/m0/s1. The molecule has 0 bridgehead atoms. The average molecular weight is 520 g/mol. The molecule has 2 amide bonds. The monoisotopic (exact) mass is 518 g/mol. The molecule has 31 heavy (non-hydrogen) atoms. The summed E-state index contributed by atoms with van der Waals surface area (Å²) in [4.78, 5) is 29.4. The number of amides is 2. The van der Waals surface area contributed by atoms with Gasteiger partial charge in [-0.25, -0.2) is 0 Å². The van der Waals surface area contributed by atoms with E-state index in [1.54, 1.807) is 6.08 Å². The van der Waals surface area contributed by atoms with Gasteiger partial charge in [-0.1, -0.05) is 46.6 Å². The van der Waals surface area contributed by atoms with E-state index in [2.05, 4.69) is 54.7 Å². The Morgan fingerprint density at radius 3 is 2.58 bits per heavy atom. The molecule has 2 aliphatic rings. The van der Waals surface area contributed by atoms with Gasteiger partial charge >= 0.3 is 0 Å². The number of carbonyl (C=O) groups excluding carboxylic acids is 2. The van der Waals surface area contributed by atoms with Crippen molar-refractivity contribution in [3.05, 3.63) is 67.5 Å². The smallest absolute Gasteiger partial charge is 0.293 e. The summed E-state index contributed by atoms with van der Waals surface area (Å²) in [6, 6.07) is 11.6. The molecule has 162 valence electrons. The lowest BCUT2D eigenvalue weighted by Gasteiger charge is -2.45. The number of fused-ring (bicyclic) bond motifs is 1. The number of anilines is 1. The molecule has 0 saturated carbocycles. The van der Waals surface area contributed by atoms with Crippen LogP contribution in [0.25, 0.3) is 6.08 Å². The molecular formula is C24H24BrClN2O2S. The first kappa shape index (κ1) is 22.4. The third kappa shape index (κ3) is 4.30. The van der Waals surface area contributed by atoms with Crippen LogP contribution in [0.5, 0.6) is 0 Å². The van der Waals surface area contributed by atoms with Gasteiger partial charge in [0.1, 0.15) is 0 Å². The molecule has 0 radical (unpaired) electrons. The molecule has 4 nitrogen and oxygen atoms in total. The number of carbonyl (C=O) groups is 2. The molecule has 2 aromatic carbocycles. The fraction of sp³-hybridized carbons (Fsp3) is 0.333. The van der Waals surface area contributed by atoms with Gasteiger partial charge in [0.05, 0.1) is 11.4 Å². The van der Waals surface area contributed by atoms with Crippen molar-refractivity contribution in [3.63, 3.8) is 0 Å². The average Bonchev–Trinajstić information content (AvgIpc) is 2.96. The predicted octanol–water partition coefficient (Wildman–Crippen LogP) is 7.06. The van der Waals surface area contributed by atoms with Crippen molar-refractivity contribution in [1.29, 1.82) is 0 Å². The summed E-state index contributed by atoms with van der Waals surface area (Å²) >= 11 is 11.0. The summed E-state index contributed by atoms with van der Waals surface area (Å²) in [6.07, 6.45) is 2.78. The zero-order valence-corrected chi connectivity index (χ0v) is 21.1. The summed E-state index contributed by atoms with van der Waals surface area (Å²) in [5.41, 5.74) is 4.06. The maximum absolute atomic E-state index is 12.9. The van der Waals surface area contributed by atoms with E-state index >= 15 is 0 Å². The van der Waals surface area contributed by atoms with Crippen molar-refractivity contribution in [3.8, 4) is 0 Å². The Morgan fingerprint density at radius 2 is 1.90 bits per heavy atom. The number of benzene rings is 2. The first-order valence-electron chi connectivity index (χ1n) is 10.1. The Hall–Kier alpha value is -1.76. The van der Waals surface area contributed by atoms with E-state index in [9.17, 15) is 9.59 Å². The van der Waals surface area contributed by atoms with Crippen LogP contribution in [0.15, 0.2) is 45.8 Å². The van der Waals surface area contributed by atoms with Gasteiger partial charge in [0.2, 0.25) is 0 Å². The minimum Gasteiger partial charge on any atom is -0.369 e. The number of nitrogens with zero attached hydrogens (tertiary/aromatic N) is 2. The molecule has 7 heteroatoms. The van der Waals surface area contributed by atoms with Crippen LogP contribution >= 0.6 is 39.3 Å². The molecule has 0 unspecified atom stereocenters. The molecule has 1 atom stereocenters. The minimum absolute atomic E-state index is 0.0486. The van der Waals surface area contributed by atoms with Crippen LogP contribution in [0.3, 0.4) is 0 Å². The van der Waals surface area contributed by atoms with Crippen LogP contribution in [-0.2, 0) is 11.3 Å². The number of thioether (sulfide) groups is 1. The lowest BCUT2D eigenvalue weighted by Crippen LogP contribution is -2.45. The Bertz CT molecular complexity index is 1100. The van der Waals surface area contributed by atoms with Gasteiger partial charge in [0.15, 0.2) is 0 Å². The Morgan fingerprint density at radius 1 is 1.23 bits per heavy atom. The highest BCUT2D eigenvalue weighted by Crippen LogP contribution is 2.45. The van der Waals surface area contributed by atoms with E-state index in [0.717, 1.165) is 39.5 Å². The summed E-state index contributed by atoms with van der Waals surface area (Å²) in [7, 11) is 2.09. The SMILES string of the molecule is C[C@H]1CC(C)(C)N(C)c2cc(Cl)c(/C=C3\SC(=O)N(Cc4ccc(Br)cc4)C3=O)cc21. The first-order chi connectivity index (χ1) is 14.6. The second kappa shape index (κ2) is 8.30. The quantitative estimate of drug-likeness (QED) is 0.407. The molecule has 2 heterocycles. The normalized spacial score (nSPS) is 21.7. The van der Waals surface area contributed by atoms with Crippen molar-refractivity contribution >= 4 is 62.2 Å². The van der Waals surface area contributed by atoms with Crippen LogP contribution in [0, 0.1) is 0 Å². The van der Waals surface area contributed by atoms with E-state index in [0.29, 0.717) is 15.8 Å². The second-order valence-electron chi connectivity index (χ2n) is 8.80. The summed E-state index contributed by atoms with van der Waals surface area (Å²) < 4.78 is 0.954. The number of rotatable bonds is 3. The van der Waals surface area contributed by atoms with Gasteiger partial charge in [-0.3, -0.25) is 14.5 Å². The number of halogens is 2. The highest BCUT2D eigenvalue weighted by molar-refractivity contribution is 9.10. The molecule has 0 spiro atoms. The highest BCUT2D eigenvalue weighted by atomic mass is 79.9. The first-order valence-corrected chi connectivity index (χ1v) is 12.1. The molecule has 1 fully saturated rings. The van der Waals surface area contributed by atoms with E-state index in [1.165, 1.54) is 10.5 Å². The molecule has 0 aliphatic carbocycles. The second-order valence-corrected chi connectivity index (χ2v) is 11.1. The summed E-state index contributed by atoms with van der Waals surface area (Å²) in [6.45, 7) is 6.94. The van der Waals surface area contributed by atoms with Gasteiger partial charge < -0.3 is 4.90 Å². The fourth-order valence-electron chi connectivity index (χ4n) is 4.27. The van der Waals surface area contributed by atoms with Gasteiger partial charge in [0, 0.05) is 27.8 Å². The largest absolute Gasteiger partial charge is 0.369 e. The lowest BCUT2D eigenvalue weighted by atomic mass is 9.80. The predicted molar refractivity (Wildman–Crippen MR) is 133 cm³/mol. The zero-order valence-electron chi connectivity index (χ0n) is 17.9. The number of hydrogen-bond donors (Lipinski definition) is 0. The highest BCUT2D eigenvalue weighted by Gasteiger charge is 2.37. The molecular weight excluding hydrogens is 496 g/mol. The summed E-state index contributed by atoms with van der Waals surface area (Å²) in [5, 5.41) is 0.318. The fourth-order valence-corrected chi connectivity index (χ4v) is 5.57. The van der Waals surface area contributed by atoms with Crippen molar-refractivity contribution in [2.45, 2.75) is 45.2 Å².